The normalized spacial score (nSPS) is 13.4. The van der Waals surface area contributed by atoms with Gasteiger partial charge < -0.3 is 5.73 Å². The van der Waals surface area contributed by atoms with E-state index in [1.807, 2.05) is 0 Å². The van der Waals surface area contributed by atoms with Gasteiger partial charge in [0.05, 0.1) is 0 Å². The highest BCUT2D eigenvalue weighted by Gasteiger charge is 2.37. The van der Waals surface area contributed by atoms with Crippen molar-refractivity contribution < 1.29 is 13.2 Å². The van der Waals surface area contributed by atoms with Gasteiger partial charge >= 0.3 is 6.18 Å². The molecule has 0 saturated carbocycles. The van der Waals surface area contributed by atoms with Gasteiger partial charge in [-0.1, -0.05) is 69.7 Å². The molecule has 0 radical (unpaired) electrons. The Balaban J connectivity index is 2.28. The Morgan fingerprint density at radius 2 is 1.43 bits per heavy atom. The van der Waals surface area contributed by atoms with Crippen LogP contribution in [0, 0.1) is 0 Å². The summed E-state index contributed by atoms with van der Waals surface area (Å²) in [6.45, 7) is 2.20. The summed E-state index contributed by atoms with van der Waals surface area (Å²) >= 11 is 0. The van der Waals surface area contributed by atoms with Crippen LogP contribution in [0.5, 0.6) is 0 Å². The fourth-order valence-corrected chi connectivity index (χ4v) is 2.37. The lowest BCUT2D eigenvalue weighted by atomic mass is 10.0. The Kier molecular flexibility index (Phi) is 7.79. The van der Waals surface area contributed by atoms with Gasteiger partial charge in [-0.3, -0.25) is 0 Å². The summed E-state index contributed by atoms with van der Waals surface area (Å²) in [5.41, 5.74) is 6.39. The Morgan fingerprint density at radius 1 is 0.905 bits per heavy atom. The zero-order valence-electron chi connectivity index (χ0n) is 12.8. The van der Waals surface area contributed by atoms with Gasteiger partial charge in [-0.25, -0.2) is 0 Å². The van der Waals surface area contributed by atoms with Gasteiger partial charge in [0, 0.05) is 0 Å². The molecule has 0 spiro atoms. The highest BCUT2D eigenvalue weighted by molar-refractivity contribution is 5.25. The summed E-state index contributed by atoms with van der Waals surface area (Å²) in [5, 5.41) is 0. The lowest BCUT2D eigenvalue weighted by molar-refractivity contribution is -0.149. The zero-order chi connectivity index (χ0) is 15.7. The lowest BCUT2D eigenvalue weighted by Gasteiger charge is -2.16. The van der Waals surface area contributed by atoms with Gasteiger partial charge in [-0.15, -0.1) is 0 Å². The number of nitrogens with two attached hydrogens (primary N) is 1. The Hall–Kier alpha value is -1.03. The Bertz CT molecular complexity index is 384. The molecule has 0 bridgehead atoms. The molecular formula is C17H26F3N. The van der Waals surface area contributed by atoms with E-state index in [1.165, 1.54) is 50.7 Å². The molecule has 1 atom stereocenters. The van der Waals surface area contributed by atoms with Crippen LogP contribution in [0.2, 0.25) is 0 Å². The van der Waals surface area contributed by atoms with Gasteiger partial charge in [-0.05, 0) is 24.0 Å². The fourth-order valence-electron chi connectivity index (χ4n) is 2.37. The third-order valence-electron chi connectivity index (χ3n) is 3.76. The molecule has 120 valence electrons. The molecule has 0 aliphatic carbocycles. The second kappa shape index (κ2) is 9.08. The fraction of sp³-hybridized carbons (Fsp3) is 0.647. The second-order valence-corrected chi connectivity index (χ2v) is 5.63. The molecule has 1 aromatic rings. The largest absolute Gasteiger partial charge is 0.407 e. The number of alkyl halides is 3. The first kappa shape index (κ1) is 18.0. The molecule has 0 heterocycles. The summed E-state index contributed by atoms with van der Waals surface area (Å²) in [7, 11) is 0. The molecule has 0 amide bonds. The van der Waals surface area contributed by atoms with E-state index < -0.39 is 12.2 Å². The van der Waals surface area contributed by atoms with E-state index in [0.717, 1.165) is 18.4 Å². The number of unbranched alkanes of at least 4 members (excludes halogenated alkanes) is 6. The van der Waals surface area contributed by atoms with Gasteiger partial charge in [0.25, 0.3) is 0 Å². The van der Waals surface area contributed by atoms with Crippen LogP contribution in [0.1, 0.15) is 69.0 Å². The first-order valence-electron chi connectivity index (χ1n) is 7.86. The molecule has 0 aromatic heterocycles. The SMILES string of the molecule is CCCCCCCCCc1ccc([C@H](N)C(F)(F)F)cc1. The minimum absolute atomic E-state index is 0.130. The quantitative estimate of drug-likeness (QED) is 0.595. The summed E-state index contributed by atoms with van der Waals surface area (Å²) < 4.78 is 37.5. The minimum Gasteiger partial charge on any atom is -0.316 e. The van der Waals surface area contributed by atoms with Gasteiger partial charge in [0.1, 0.15) is 6.04 Å². The third kappa shape index (κ3) is 6.98. The Labute approximate surface area is 125 Å². The van der Waals surface area contributed by atoms with Crippen LogP contribution in [-0.4, -0.2) is 6.18 Å². The van der Waals surface area contributed by atoms with E-state index in [1.54, 1.807) is 12.1 Å². The summed E-state index contributed by atoms with van der Waals surface area (Å²) in [6.07, 6.45) is 5.23. The van der Waals surface area contributed by atoms with Crippen molar-refractivity contribution in [1.82, 2.24) is 0 Å². The van der Waals surface area contributed by atoms with Crippen LogP contribution < -0.4 is 5.73 Å². The van der Waals surface area contributed by atoms with Crippen molar-refractivity contribution in [1.29, 1.82) is 0 Å². The Morgan fingerprint density at radius 3 is 1.95 bits per heavy atom. The standard InChI is InChI=1S/C17H26F3N/c1-2-3-4-5-6-7-8-9-14-10-12-15(13-11-14)16(21)17(18,19)20/h10-13,16H,2-9,21H2,1H3/t16-/m0/s1. The highest BCUT2D eigenvalue weighted by Crippen LogP contribution is 2.30. The number of benzene rings is 1. The lowest BCUT2D eigenvalue weighted by Crippen LogP contribution is -2.28. The van der Waals surface area contributed by atoms with Crippen molar-refractivity contribution >= 4 is 0 Å². The number of aryl methyl sites for hydroxylation is 1. The average Bonchev–Trinajstić information content (AvgIpc) is 2.45. The van der Waals surface area contributed by atoms with E-state index >= 15 is 0 Å². The first-order chi connectivity index (χ1) is 9.95. The average molecular weight is 301 g/mol. The van der Waals surface area contributed by atoms with Crippen LogP contribution in [-0.2, 0) is 6.42 Å². The number of hydrogen-bond acceptors (Lipinski definition) is 1. The van der Waals surface area contributed by atoms with Crippen molar-refractivity contribution in [2.75, 3.05) is 0 Å². The minimum atomic E-state index is -4.37. The van der Waals surface area contributed by atoms with Crippen molar-refractivity contribution in [2.24, 2.45) is 5.73 Å². The number of halogens is 3. The molecular weight excluding hydrogens is 275 g/mol. The summed E-state index contributed by atoms with van der Waals surface area (Å²) in [5.74, 6) is 0. The second-order valence-electron chi connectivity index (χ2n) is 5.63. The van der Waals surface area contributed by atoms with Crippen molar-refractivity contribution in [3.63, 3.8) is 0 Å². The molecule has 4 heteroatoms. The molecule has 0 fully saturated rings. The van der Waals surface area contributed by atoms with Crippen LogP contribution in [0.15, 0.2) is 24.3 Å². The number of rotatable bonds is 9. The van der Waals surface area contributed by atoms with E-state index in [-0.39, 0.29) is 5.56 Å². The topological polar surface area (TPSA) is 26.0 Å². The van der Waals surface area contributed by atoms with Crippen molar-refractivity contribution in [2.45, 2.75) is 70.5 Å². The van der Waals surface area contributed by atoms with Crippen LogP contribution >= 0.6 is 0 Å². The molecule has 0 aliphatic rings. The number of hydrogen-bond donors (Lipinski definition) is 1. The van der Waals surface area contributed by atoms with Crippen LogP contribution in [0.4, 0.5) is 13.2 Å². The molecule has 1 aromatic carbocycles. The maximum Gasteiger partial charge on any atom is 0.407 e. The van der Waals surface area contributed by atoms with Gasteiger partial charge in [0.15, 0.2) is 0 Å². The molecule has 0 unspecified atom stereocenters. The molecule has 0 aliphatic heterocycles. The first-order valence-corrected chi connectivity index (χ1v) is 7.86. The smallest absolute Gasteiger partial charge is 0.316 e. The third-order valence-corrected chi connectivity index (χ3v) is 3.76. The van der Waals surface area contributed by atoms with Gasteiger partial charge in [-0.2, -0.15) is 13.2 Å². The summed E-state index contributed by atoms with van der Waals surface area (Å²) in [6, 6.07) is 4.63. The molecule has 2 N–H and O–H groups in total. The van der Waals surface area contributed by atoms with E-state index in [9.17, 15) is 13.2 Å². The predicted octanol–water partition coefficient (Wildman–Crippen LogP) is 5.54. The zero-order valence-corrected chi connectivity index (χ0v) is 12.8. The van der Waals surface area contributed by atoms with E-state index in [0.29, 0.717) is 0 Å². The monoisotopic (exact) mass is 301 g/mol. The van der Waals surface area contributed by atoms with Gasteiger partial charge in [0.2, 0.25) is 0 Å². The van der Waals surface area contributed by atoms with Crippen molar-refractivity contribution in [3.8, 4) is 0 Å². The molecule has 21 heavy (non-hydrogen) atoms. The van der Waals surface area contributed by atoms with E-state index in [4.69, 9.17) is 5.73 Å². The van der Waals surface area contributed by atoms with Crippen LogP contribution in [0.25, 0.3) is 0 Å². The maximum atomic E-state index is 12.5. The molecule has 1 rings (SSSR count). The van der Waals surface area contributed by atoms with Crippen LogP contribution in [0.3, 0.4) is 0 Å². The summed E-state index contributed by atoms with van der Waals surface area (Å²) in [4.78, 5) is 0. The predicted molar refractivity (Wildman–Crippen MR) is 81.1 cm³/mol. The van der Waals surface area contributed by atoms with Crippen molar-refractivity contribution in [3.05, 3.63) is 35.4 Å². The molecule has 0 saturated heterocycles. The van der Waals surface area contributed by atoms with E-state index in [2.05, 4.69) is 6.92 Å². The highest BCUT2D eigenvalue weighted by atomic mass is 19.4. The maximum absolute atomic E-state index is 12.5. The molecule has 1 nitrogen and oxygen atoms in total.